The second-order valence-corrected chi connectivity index (χ2v) is 4.44. The molecule has 0 aromatic heterocycles. The van der Waals surface area contributed by atoms with Gasteiger partial charge < -0.3 is 15.5 Å². The fourth-order valence-electron chi connectivity index (χ4n) is 1.86. The number of phenolic OH excluding ortho intramolecular Hbond substituents is 1. The van der Waals surface area contributed by atoms with Crippen molar-refractivity contribution in [3.8, 4) is 5.75 Å². The molecule has 20 heavy (non-hydrogen) atoms. The van der Waals surface area contributed by atoms with Crippen molar-refractivity contribution in [1.82, 2.24) is 0 Å². The number of aryl methyl sites for hydroxylation is 1. The predicted octanol–water partition coefficient (Wildman–Crippen LogP) is 3.15. The van der Waals surface area contributed by atoms with Crippen molar-refractivity contribution in [3.63, 3.8) is 0 Å². The molecule has 0 amide bonds. The Hall–Kier alpha value is -2.56. The van der Waals surface area contributed by atoms with E-state index in [2.05, 4.69) is 5.32 Å². The molecule has 4 nitrogen and oxygen atoms in total. The molecule has 0 aliphatic rings. The third-order valence-corrected chi connectivity index (χ3v) is 3.00. The minimum Gasteiger partial charge on any atom is -0.507 e. The van der Waals surface area contributed by atoms with Crippen molar-refractivity contribution in [2.45, 2.75) is 13.5 Å². The molecule has 0 heterocycles. The van der Waals surface area contributed by atoms with E-state index in [0.29, 0.717) is 17.8 Å². The number of halogens is 1. The molecular formula is C15H14FNO3. The standard InChI is InChI=1S/C15H14FNO3/c1-9-3-2-4-10(14(9)18)8-17-11-5-6-13(16)12(7-11)15(19)20/h2-7,17-18H,8H2,1H3,(H,19,20). The summed E-state index contributed by atoms with van der Waals surface area (Å²) >= 11 is 0. The van der Waals surface area contributed by atoms with Gasteiger partial charge in [-0.25, -0.2) is 9.18 Å². The van der Waals surface area contributed by atoms with Crippen LogP contribution in [0, 0.1) is 12.7 Å². The number of carboxylic acids is 1. The Labute approximate surface area is 115 Å². The fourth-order valence-corrected chi connectivity index (χ4v) is 1.86. The monoisotopic (exact) mass is 275 g/mol. The lowest BCUT2D eigenvalue weighted by molar-refractivity contribution is 0.0692. The molecule has 0 spiro atoms. The minimum atomic E-state index is -1.32. The molecule has 2 aromatic rings. The number of rotatable bonds is 4. The lowest BCUT2D eigenvalue weighted by atomic mass is 10.1. The highest BCUT2D eigenvalue weighted by atomic mass is 19.1. The fraction of sp³-hybridized carbons (Fsp3) is 0.133. The van der Waals surface area contributed by atoms with Gasteiger partial charge >= 0.3 is 5.97 Å². The normalized spacial score (nSPS) is 10.3. The van der Waals surface area contributed by atoms with Crippen LogP contribution in [-0.2, 0) is 6.54 Å². The van der Waals surface area contributed by atoms with Crippen molar-refractivity contribution < 1.29 is 19.4 Å². The van der Waals surface area contributed by atoms with E-state index >= 15 is 0 Å². The summed E-state index contributed by atoms with van der Waals surface area (Å²) in [7, 11) is 0. The molecule has 0 aliphatic carbocycles. The topological polar surface area (TPSA) is 69.6 Å². The molecule has 2 rings (SSSR count). The molecule has 3 N–H and O–H groups in total. The number of hydrogen-bond donors (Lipinski definition) is 3. The second kappa shape index (κ2) is 5.61. The summed E-state index contributed by atoms with van der Waals surface area (Å²) in [6.45, 7) is 2.11. The minimum absolute atomic E-state index is 0.195. The van der Waals surface area contributed by atoms with Crippen LogP contribution in [0.5, 0.6) is 5.75 Å². The van der Waals surface area contributed by atoms with Crippen molar-refractivity contribution >= 4 is 11.7 Å². The van der Waals surface area contributed by atoms with Gasteiger partial charge in [0.2, 0.25) is 0 Å². The first-order chi connectivity index (χ1) is 9.49. The predicted molar refractivity (Wildman–Crippen MR) is 73.5 cm³/mol. The summed E-state index contributed by atoms with van der Waals surface area (Å²) in [5.41, 5.74) is 1.54. The summed E-state index contributed by atoms with van der Waals surface area (Å²) < 4.78 is 13.3. The zero-order valence-electron chi connectivity index (χ0n) is 10.9. The molecule has 104 valence electrons. The maximum Gasteiger partial charge on any atom is 0.338 e. The van der Waals surface area contributed by atoms with E-state index in [1.807, 2.05) is 6.07 Å². The number of anilines is 1. The first-order valence-electron chi connectivity index (χ1n) is 6.03. The molecule has 0 saturated heterocycles. The molecule has 0 atom stereocenters. The summed E-state index contributed by atoms with van der Waals surface area (Å²) in [5.74, 6) is -1.90. The average Bonchev–Trinajstić information content (AvgIpc) is 2.41. The van der Waals surface area contributed by atoms with Gasteiger partial charge in [-0.2, -0.15) is 0 Å². The van der Waals surface area contributed by atoms with Crippen LogP contribution < -0.4 is 5.32 Å². The summed E-state index contributed by atoms with van der Waals surface area (Å²) in [6, 6.07) is 9.15. The van der Waals surface area contributed by atoms with Gasteiger partial charge in [-0.3, -0.25) is 0 Å². The van der Waals surface area contributed by atoms with E-state index in [4.69, 9.17) is 5.11 Å². The summed E-state index contributed by atoms with van der Waals surface area (Å²) in [5, 5.41) is 21.7. The maximum atomic E-state index is 13.3. The van der Waals surface area contributed by atoms with Crippen LogP contribution in [0.4, 0.5) is 10.1 Å². The Morgan fingerprint density at radius 3 is 2.75 bits per heavy atom. The lowest BCUT2D eigenvalue weighted by Crippen LogP contribution is -2.04. The largest absolute Gasteiger partial charge is 0.507 e. The molecule has 0 aliphatic heterocycles. The first-order valence-corrected chi connectivity index (χ1v) is 6.03. The SMILES string of the molecule is Cc1cccc(CNc2ccc(F)c(C(=O)O)c2)c1O. The van der Waals surface area contributed by atoms with Crippen LogP contribution in [0.3, 0.4) is 0 Å². The molecule has 0 radical (unpaired) electrons. The number of benzene rings is 2. The highest BCUT2D eigenvalue weighted by Crippen LogP contribution is 2.23. The number of carboxylic acid groups (broad SMARTS) is 1. The van der Waals surface area contributed by atoms with Gasteiger partial charge in [0, 0.05) is 17.8 Å². The molecule has 0 bridgehead atoms. The van der Waals surface area contributed by atoms with Crippen LogP contribution in [0.2, 0.25) is 0 Å². The Morgan fingerprint density at radius 2 is 2.05 bits per heavy atom. The second-order valence-electron chi connectivity index (χ2n) is 4.44. The Balaban J connectivity index is 2.17. The highest BCUT2D eigenvalue weighted by molar-refractivity contribution is 5.89. The molecule has 0 saturated carbocycles. The van der Waals surface area contributed by atoms with Gasteiger partial charge in [-0.1, -0.05) is 18.2 Å². The van der Waals surface area contributed by atoms with Gasteiger partial charge in [0.05, 0.1) is 5.56 Å². The van der Waals surface area contributed by atoms with Crippen molar-refractivity contribution in [3.05, 3.63) is 58.9 Å². The smallest absolute Gasteiger partial charge is 0.338 e. The molecule has 0 unspecified atom stereocenters. The number of nitrogens with one attached hydrogen (secondary N) is 1. The zero-order chi connectivity index (χ0) is 14.7. The number of hydrogen-bond acceptors (Lipinski definition) is 3. The van der Waals surface area contributed by atoms with Gasteiger partial charge in [-0.15, -0.1) is 0 Å². The van der Waals surface area contributed by atoms with Crippen LogP contribution in [0.1, 0.15) is 21.5 Å². The lowest BCUT2D eigenvalue weighted by Gasteiger charge is -2.10. The van der Waals surface area contributed by atoms with E-state index in [-0.39, 0.29) is 11.3 Å². The Morgan fingerprint density at radius 1 is 1.30 bits per heavy atom. The third kappa shape index (κ3) is 2.88. The number of para-hydroxylation sites is 1. The molecular weight excluding hydrogens is 261 g/mol. The summed E-state index contributed by atoms with van der Waals surface area (Å²) in [6.07, 6.45) is 0. The summed E-state index contributed by atoms with van der Waals surface area (Å²) in [4.78, 5) is 10.8. The van der Waals surface area contributed by atoms with E-state index in [1.54, 1.807) is 19.1 Å². The van der Waals surface area contributed by atoms with E-state index < -0.39 is 11.8 Å². The zero-order valence-corrected chi connectivity index (χ0v) is 10.9. The van der Waals surface area contributed by atoms with Gasteiger partial charge in [-0.05, 0) is 30.7 Å². The third-order valence-electron chi connectivity index (χ3n) is 3.00. The van der Waals surface area contributed by atoms with E-state index in [0.717, 1.165) is 11.6 Å². The quantitative estimate of drug-likeness (QED) is 0.801. The van der Waals surface area contributed by atoms with Crippen LogP contribution >= 0.6 is 0 Å². The van der Waals surface area contributed by atoms with Gasteiger partial charge in [0.25, 0.3) is 0 Å². The first kappa shape index (κ1) is 13.9. The molecule has 0 fully saturated rings. The van der Waals surface area contributed by atoms with Gasteiger partial charge in [0.1, 0.15) is 11.6 Å². The Bertz CT molecular complexity index is 656. The number of aromatic hydroxyl groups is 1. The van der Waals surface area contributed by atoms with Crippen LogP contribution in [0.15, 0.2) is 36.4 Å². The number of phenols is 1. The molecule has 2 aromatic carbocycles. The van der Waals surface area contributed by atoms with E-state index in [9.17, 15) is 14.3 Å². The van der Waals surface area contributed by atoms with Crippen LogP contribution in [0.25, 0.3) is 0 Å². The molecule has 5 heteroatoms. The van der Waals surface area contributed by atoms with Crippen molar-refractivity contribution in [2.24, 2.45) is 0 Å². The average molecular weight is 275 g/mol. The van der Waals surface area contributed by atoms with E-state index in [1.165, 1.54) is 12.1 Å². The highest BCUT2D eigenvalue weighted by Gasteiger charge is 2.11. The number of carbonyl (C=O) groups is 1. The Kier molecular flexibility index (Phi) is 3.89. The van der Waals surface area contributed by atoms with Crippen molar-refractivity contribution in [2.75, 3.05) is 5.32 Å². The number of aromatic carboxylic acids is 1. The van der Waals surface area contributed by atoms with Crippen molar-refractivity contribution in [1.29, 1.82) is 0 Å². The van der Waals surface area contributed by atoms with Crippen LogP contribution in [-0.4, -0.2) is 16.2 Å². The van der Waals surface area contributed by atoms with Gasteiger partial charge in [0.15, 0.2) is 0 Å². The maximum absolute atomic E-state index is 13.3.